The number of sulfonamides is 1. The third-order valence-corrected chi connectivity index (χ3v) is 7.85. The van der Waals surface area contributed by atoms with Crippen molar-refractivity contribution in [3.8, 4) is 5.75 Å². The maximum absolute atomic E-state index is 13.5. The number of nitrogens with one attached hydrogen (secondary N) is 1. The van der Waals surface area contributed by atoms with Gasteiger partial charge in [0.25, 0.3) is 10.0 Å². The molecule has 8 heteroatoms. The molecule has 0 saturated heterocycles. The van der Waals surface area contributed by atoms with E-state index in [0.29, 0.717) is 18.0 Å². The number of carbonyl (C=O) groups is 1. The highest BCUT2D eigenvalue weighted by Gasteiger charge is 2.28. The maximum Gasteiger partial charge on any atom is 0.264 e. The van der Waals surface area contributed by atoms with Crippen LogP contribution in [0.1, 0.15) is 36.6 Å². The van der Waals surface area contributed by atoms with Crippen LogP contribution >= 0.6 is 15.9 Å². The first kappa shape index (κ1) is 25.8. The van der Waals surface area contributed by atoms with Crippen LogP contribution in [0.25, 0.3) is 0 Å². The number of halogens is 1. The SMILES string of the molecule is CCOc1ccc(N(CC(=O)NC(C)c2ccc(C)c(C)c2)S(=O)(=O)c2ccc(Br)cc2)cc1. The number of anilines is 1. The Balaban J connectivity index is 1.89. The smallest absolute Gasteiger partial charge is 0.264 e. The Hall–Kier alpha value is -2.84. The summed E-state index contributed by atoms with van der Waals surface area (Å²) in [6.45, 7) is 7.95. The molecule has 3 rings (SSSR count). The summed E-state index contributed by atoms with van der Waals surface area (Å²) in [4.78, 5) is 13.1. The molecule has 34 heavy (non-hydrogen) atoms. The Bertz CT molecular complexity index is 1240. The number of ether oxygens (including phenoxy) is 1. The molecule has 0 aliphatic heterocycles. The van der Waals surface area contributed by atoms with Crippen LogP contribution in [-0.4, -0.2) is 27.5 Å². The van der Waals surface area contributed by atoms with Crippen molar-refractivity contribution in [2.24, 2.45) is 0 Å². The summed E-state index contributed by atoms with van der Waals surface area (Å²) in [6.07, 6.45) is 0. The minimum Gasteiger partial charge on any atom is -0.494 e. The van der Waals surface area contributed by atoms with E-state index in [4.69, 9.17) is 4.74 Å². The lowest BCUT2D eigenvalue weighted by Crippen LogP contribution is -2.41. The van der Waals surface area contributed by atoms with Crippen molar-refractivity contribution in [2.75, 3.05) is 17.5 Å². The lowest BCUT2D eigenvalue weighted by Gasteiger charge is -2.25. The molecule has 0 bridgehead atoms. The number of nitrogens with zero attached hydrogens (tertiary/aromatic N) is 1. The molecule has 0 saturated carbocycles. The predicted molar refractivity (Wildman–Crippen MR) is 139 cm³/mol. The number of amides is 1. The Morgan fingerprint density at radius 2 is 1.65 bits per heavy atom. The lowest BCUT2D eigenvalue weighted by atomic mass is 10.0. The van der Waals surface area contributed by atoms with Gasteiger partial charge in [0.15, 0.2) is 0 Å². The molecule has 1 N–H and O–H groups in total. The Morgan fingerprint density at radius 3 is 2.24 bits per heavy atom. The van der Waals surface area contributed by atoms with E-state index in [1.54, 1.807) is 36.4 Å². The van der Waals surface area contributed by atoms with Crippen LogP contribution in [0.4, 0.5) is 5.69 Å². The third-order valence-electron chi connectivity index (χ3n) is 5.53. The standard InChI is InChI=1S/C26H29BrN2O4S/c1-5-33-24-12-10-23(11-13-24)29(34(31,32)25-14-8-22(27)9-15-25)17-26(30)28-20(4)21-7-6-18(2)19(3)16-21/h6-16,20H,5,17H2,1-4H3,(H,28,30). The van der Waals surface area contributed by atoms with Gasteiger partial charge in [-0.05, 0) is 92.9 Å². The lowest BCUT2D eigenvalue weighted by molar-refractivity contribution is -0.120. The molecule has 0 fully saturated rings. The van der Waals surface area contributed by atoms with E-state index >= 15 is 0 Å². The molecule has 6 nitrogen and oxygen atoms in total. The number of hydrogen-bond acceptors (Lipinski definition) is 4. The molecule has 0 aliphatic rings. The molecule has 3 aromatic carbocycles. The second-order valence-corrected chi connectivity index (χ2v) is 10.8. The summed E-state index contributed by atoms with van der Waals surface area (Å²) in [5, 5.41) is 2.93. The topological polar surface area (TPSA) is 75.7 Å². The summed E-state index contributed by atoms with van der Waals surface area (Å²) in [6, 6.07) is 18.7. The van der Waals surface area contributed by atoms with Crippen molar-refractivity contribution < 1.29 is 17.9 Å². The molecule has 3 aromatic rings. The average Bonchev–Trinajstić information content (AvgIpc) is 2.80. The molecular formula is C26H29BrN2O4S. The molecule has 0 heterocycles. The van der Waals surface area contributed by atoms with Gasteiger partial charge in [-0.1, -0.05) is 34.1 Å². The normalized spacial score (nSPS) is 12.1. The van der Waals surface area contributed by atoms with Crippen LogP contribution in [0.5, 0.6) is 5.75 Å². The van der Waals surface area contributed by atoms with E-state index in [1.165, 1.54) is 17.7 Å². The summed E-state index contributed by atoms with van der Waals surface area (Å²) in [7, 11) is -3.99. The molecule has 0 radical (unpaired) electrons. The minimum absolute atomic E-state index is 0.0968. The van der Waals surface area contributed by atoms with Crippen LogP contribution < -0.4 is 14.4 Å². The van der Waals surface area contributed by atoms with Crippen molar-refractivity contribution in [2.45, 2.75) is 38.6 Å². The first-order valence-electron chi connectivity index (χ1n) is 11.0. The quantitative estimate of drug-likeness (QED) is 0.383. The molecule has 0 spiro atoms. The van der Waals surface area contributed by atoms with Gasteiger partial charge in [0.1, 0.15) is 12.3 Å². The van der Waals surface area contributed by atoms with Gasteiger partial charge in [0.05, 0.1) is 23.2 Å². The van der Waals surface area contributed by atoms with Gasteiger partial charge in [0.2, 0.25) is 5.91 Å². The Kier molecular flexibility index (Phi) is 8.38. The highest BCUT2D eigenvalue weighted by Crippen LogP contribution is 2.27. The maximum atomic E-state index is 13.5. The summed E-state index contributed by atoms with van der Waals surface area (Å²) in [5.74, 6) is 0.223. The van der Waals surface area contributed by atoms with Crippen LogP contribution in [0.3, 0.4) is 0 Å². The molecule has 1 atom stereocenters. The van der Waals surface area contributed by atoms with Crippen molar-refractivity contribution >= 4 is 37.5 Å². The van der Waals surface area contributed by atoms with E-state index in [2.05, 4.69) is 21.2 Å². The zero-order chi connectivity index (χ0) is 24.9. The third kappa shape index (κ3) is 6.18. The molecule has 0 aliphatic carbocycles. The summed E-state index contributed by atoms with van der Waals surface area (Å²) < 4.78 is 34.4. The van der Waals surface area contributed by atoms with E-state index in [1.807, 2.05) is 45.9 Å². The Morgan fingerprint density at radius 1 is 1.00 bits per heavy atom. The zero-order valence-electron chi connectivity index (χ0n) is 19.7. The highest BCUT2D eigenvalue weighted by atomic mass is 79.9. The van der Waals surface area contributed by atoms with Gasteiger partial charge in [-0.3, -0.25) is 9.10 Å². The number of aryl methyl sites for hydroxylation is 2. The van der Waals surface area contributed by atoms with Crippen LogP contribution in [0.15, 0.2) is 76.1 Å². The van der Waals surface area contributed by atoms with Gasteiger partial charge in [-0.15, -0.1) is 0 Å². The largest absolute Gasteiger partial charge is 0.494 e. The van der Waals surface area contributed by atoms with E-state index in [9.17, 15) is 13.2 Å². The Labute approximate surface area is 210 Å². The molecular weight excluding hydrogens is 516 g/mol. The second kappa shape index (κ2) is 11.1. The number of rotatable bonds is 9. The fraction of sp³-hybridized carbons (Fsp3) is 0.269. The highest BCUT2D eigenvalue weighted by molar-refractivity contribution is 9.10. The number of carbonyl (C=O) groups excluding carboxylic acids is 1. The van der Waals surface area contributed by atoms with Gasteiger partial charge in [-0.25, -0.2) is 8.42 Å². The van der Waals surface area contributed by atoms with Crippen LogP contribution in [0, 0.1) is 13.8 Å². The summed E-state index contributed by atoms with van der Waals surface area (Å²) >= 11 is 3.33. The predicted octanol–water partition coefficient (Wildman–Crippen LogP) is 5.54. The molecule has 0 aromatic heterocycles. The summed E-state index contributed by atoms with van der Waals surface area (Å²) in [5.41, 5.74) is 3.64. The van der Waals surface area contributed by atoms with E-state index < -0.39 is 15.9 Å². The monoisotopic (exact) mass is 544 g/mol. The average molecular weight is 545 g/mol. The van der Waals surface area contributed by atoms with Crippen LogP contribution in [0.2, 0.25) is 0 Å². The van der Waals surface area contributed by atoms with Crippen molar-refractivity contribution in [1.29, 1.82) is 0 Å². The fourth-order valence-electron chi connectivity index (χ4n) is 3.46. The number of benzene rings is 3. The second-order valence-electron chi connectivity index (χ2n) is 8.03. The minimum atomic E-state index is -3.99. The van der Waals surface area contributed by atoms with E-state index in [0.717, 1.165) is 19.9 Å². The van der Waals surface area contributed by atoms with Crippen molar-refractivity contribution in [3.05, 3.63) is 87.9 Å². The molecule has 1 amide bonds. The van der Waals surface area contributed by atoms with E-state index in [-0.39, 0.29) is 17.5 Å². The zero-order valence-corrected chi connectivity index (χ0v) is 22.1. The fourth-order valence-corrected chi connectivity index (χ4v) is 5.14. The first-order chi connectivity index (χ1) is 16.1. The van der Waals surface area contributed by atoms with Gasteiger partial charge in [-0.2, -0.15) is 0 Å². The molecule has 180 valence electrons. The van der Waals surface area contributed by atoms with Gasteiger partial charge in [0, 0.05) is 4.47 Å². The first-order valence-corrected chi connectivity index (χ1v) is 13.2. The molecule has 1 unspecified atom stereocenters. The van der Waals surface area contributed by atoms with Gasteiger partial charge < -0.3 is 10.1 Å². The number of hydrogen-bond donors (Lipinski definition) is 1. The van der Waals surface area contributed by atoms with Gasteiger partial charge >= 0.3 is 0 Å². The van der Waals surface area contributed by atoms with Crippen molar-refractivity contribution in [3.63, 3.8) is 0 Å². The van der Waals surface area contributed by atoms with Crippen LogP contribution in [-0.2, 0) is 14.8 Å². The van der Waals surface area contributed by atoms with Crippen molar-refractivity contribution in [1.82, 2.24) is 5.32 Å².